The summed E-state index contributed by atoms with van der Waals surface area (Å²) in [6.45, 7) is 2.19. The summed E-state index contributed by atoms with van der Waals surface area (Å²) in [4.78, 5) is 0. The van der Waals surface area contributed by atoms with Crippen LogP contribution in [0.4, 0.5) is 0 Å². The molecule has 2 rings (SSSR count). The van der Waals surface area contributed by atoms with E-state index in [1.165, 1.54) is 0 Å². The van der Waals surface area contributed by atoms with E-state index >= 15 is 0 Å². The molecule has 4 nitrogen and oxygen atoms in total. The number of aliphatic hydroxyl groups excluding tert-OH is 1. The first-order valence-electron chi connectivity index (χ1n) is 4.98. The van der Waals surface area contributed by atoms with Crippen molar-refractivity contribution in [2.75, 3.05) is 0 Å². The highest BCUT2D eigenvalue weighted by Crippen LogP contribution is 2.11. The monoisotopic (exact) mass is 205 g/mol. The van der Waals surface area contributed by atoms with E-state index in [0.717, 1.165) is 11.0 Å². The summed E-state index contributed by atoms with van der Waals surface area (Å²) in [7, 11) is 1.86. The summed E-state index contributed by atoms with van der Waals surface area (Å²) in [6.07, 6.45) is -0.440. The Morgan fingerprint density at radius 3 is 2.53 bits per heavy atom. The number of benzene rings is 1. The first kappa shape index (κ1) is 9.98. The van der Waals surface area contributed by atoms with Crippen LogP contribution in [0.3, 0.4) is 0 Å². The van der Waals surface area contributed by atoms with Crippen LogP contribution in [-0.4, -0.2) is 20.3 Å². The minimum atomic E-state index is -0.440. The fourth-order valence-electron chi connectivity index (χ4n) is 1.83. The lowest BCUT2D eigenvalue weighted by Gasteiger charge is -2.06. The number of aryl methyl sites for hydroxylation is 1. The number of rotatable bonds is 2. The summed E-state index contributed by atoms with van der Waals surface area (Å²) < 4.78 is 3.64. The third-order valence-corrected chi connectivity index (χ3v) is 2.55. The Morgan fingerprint density at radius 2 is 1.93 bits per heavy atom. The van der Waals surface area contributed by atoms with Crippen LogP contribution < -0.4 is 5.62 Å². The van der Waals surface area contributed by atoms with E-state index in [0.29, 0.717) is 12.2 Å². The number of aliphatic hydroxyl groups is 1. The second kappa shape index (κ2) is 3.55. The molecule has 0 amide bonds. The molecule has 1 aromatic carbocycles. The van der Waals surface area contributed by atoms with Gasteiger partial charge in [0.05, 0.1) is 23.7 Å². The lowest BCUT2D eigenvalue weighted by atomic mass is 10.3. The fourth-order valence-corrected chi connectivity index (χ4v) is 1.83. The average molecular weight is 205 g/mol. The molecule has 1 heterocycles. The normalized spacial score (nSPS) is 13.3. The molecular weight excluding hydrogens is 190 g/mol. The van der Waals surface area contributed by atoms with Gasteiger partial charge in [-0.05, 0) is 19.1 Å². The Labute approximate surface area is 87.9 Å². The van der Waals surface area contributed by atoms with Gasteiger partial charge in [0.15, 0.2) is 0 Å². The van der Waals surface area contributed by atoms with Crippen LogP contribution in [0.15, 0.2) is 24.3 Å². The topological polar surface area (TPSA) is 53.9 Å². The second-order valence-corrected chi connectivity index (χ2v) is 3.83. The fraction of sp³-hybridized carbons (Fsp3) is 0.364. The van der Waals surface area contributed by atoms with Crippen molar-refractivity contribution in [3.05, 3.63) is 29.9 Å². The predicted octanol–water partition coefficient (Wildman–Crippen LogP) is 0.840. The van der Waals surface area contributed by atoms with Gasteiger partial charge in [0, 0.05) is 7.05 Å². The molecule has 0 aliphatic rings. The standard InChI is InChI=1S/C11H15N3O/c1-8(15)7-14-10-6-4-3-5-9(10)13(2)11(14)12/h3-6,8,12,15H,7H2,1-2H3. The van der Waals surface area contributed by atoms with Gasteiger partial charge in [-0.3, -0.25) is 5.41 Å². The lowest BCUT2D eigenvalue weighted by Crippen LogP contribution is -2.26. The molecule has 0 bridgehead atoms. The van der Waals surface area contributed by atoms with E-state index in [-0.39, 0.29) is 0 Å². The maximum absolute atomic E-state index is 9.39. The van der Waals surface area contributed by atoms with E-state index < -0.39 is 6.10 Å². The van der Waals surface area contributed by atoms with Crippen LogP contribution in [0.2, 0.25) is 0 Å². The van der Waals surface area contributed by atoms with E-state index in [4.69, 9.17) is 5.41 Å². The van der Waals surface area contributed by atoms with Gasteiger partial charge in [0.1, 0.15) is 0 Å². The highest BCUT2D eigenvalue weighted by molar-refractivity contribution is 5.75. The number of nitrogens with zero attached hydrogens (tertiary/aromatic N) is 2. The number of aromatic nitrogens is 2. The molecule has 0 saturated heterocycles. The van der Waals surface area contributed by atoms with E-state index in [1.54, 1.807) is 6.92 Å². The van der Waals surface area contributed by atoms with Crippen molar-refractivity contribution < 1.29 is 5.11 Å². The van der Waals surface area contributed by atoms with Gasteiger partial charge in [-0.25, -0.2) is 0 Å². The molecule has 0 saturated carbocycles. The molecule has 1 atom stereocenters. The number of imidazole rings is 1. The number of nitrogens with one attached hydrogen (secondary N) is 1. The maximum Gasteiger partial charge on any atom is 0.202 e. The summed E-state index contributed by atoms with van der Waals surface area (Å²) in [5.74, 6) is 0. The third kappa shape index (κ3) is 1.57. The zero-order valence-corrected chi connectivity index (χ0v) is 8.94. The quantitative estimate of drug-likeness (QED) is 0.750. The van der Waals surface area contributed by atoms with E-state index in [1.807, 2.05) is 40.4 Å². The van der Waals surface area contributed by atoms with Crippen molar-refractivity contribution in [2.24, 2.45) is 7.05 Å². The molecule has 2 aromatic rings. The minimum absolute atomic E-state index is 0.414. The highest BCUT2D eigenvalue weighted by Gasteiger charge is 2.08. The van der Waals surface area contributed by atoms with Gasteiger partial charge in [-0.15, -0.1) is 0 Å². The number of hydrogen-bond donors (Lipinski definition) is 2. The first-order chi connectivity index (χ1) is 7.11. The van der Waals surface area contributed by atoms with Crippen LogP contribution in [0, 0.1) is 5.41 Å². The van der Waals surface area contributed by atoms with Crippen LogP contribution in [0.5, 0.6) is 0 Å². The molecule has 1 aromatic heterocycles. The average Bonchev–Trinajstić information content (AvgIpc) is 2.44. The SMILES string of the molecule is CC(O)Cn1c(=N)n(C)c2ccccc21. The first-order valence-corrected chi connectivity index (χ1v) is 4.98. The summed E-state index contributed by atoms with van der Waals surface area (Å²) in [6, 6.07) is 7.84. The molecule has 1 unspecified atom stereocenters. The van der Waals surface area contributed by atoms with Crippen molar-refractivity contribution in [1.82, 2.24) is 9.13 Å². The zero-order valence-electron chi connectivity index (χ0n) is 8.94. The molecule has 0 radical (unpaired) electrons. The Hall–Kier alpha value is -1.55. The van der Waals surface area contributed by atoms with Crippen LogP contribution in [0.1, 0.15) is 6.92 Å². The number of para-hydroxylation sites is 2. The van der Waals surface area contributed by atoms with Crippen LogP contribution in [0.25, 0.3) is 11.0 Å². The molecule has 4 heteroatoms. The summed E-state index contributed by atoms with van der Waals surface area (Å²) in [5, 5.41) is 17.3. The van der Waals surface area contributed by atoms with Gasteiger partial charge >= 0.3 is 0 Å². The van der Waals surface area contributed by atoms with Crippen molar-refractivity contribution >= 4 is 11.0 Å². The summed E-state index contributed by atoms with van der Waals surface area (Å²) in [5.41, 5.74) is 2.42. The minimum Gasteiger partial charge on any atom is -0.392 e. The molecular formula is C11H15N3O. The summed E-state index contributed by atoms with van der Waals surface area (Å²) >= 11 is 0. The van der Waals surface area contributed by atoms with Crippen LogP contribution in [-0.2, 0) is 13.6 Å². The predicted molar refractivity (Wildman–Crippen MR) is 58.4 cm³/mol. The van der Waals surface area contributed by atoms with Gasteiger partial charge in [0.25, 0.3) is 0 Å². The van der Waals surface area contributed by atoms with Crippen LogP contribution >= 0.6 is 0 Å². The Balaban J connectivity index is 2.72. The van der Waals surface area contributed by atoms with E-state index in [2.05, 4.69) is 0 Å². The largest absolute Gasteiger partial charge is 0.392 e. The van der Waals surface area contributed by atoms with Crippen molar-refractivity contribution in [3.63, 3.8) is 0 Å². The number of fused-ring (bicyclic) bond motifs is 1. The third-order valence-electron chi connectivity index (χ3n) is 2.55. The molecule has 15 heavy (non-hydrogen) atoms. The molecule has 80 valence electrons. The highest BCUT2D eigenvalue weighted by atomic mass is 16.3. The zero-order chi connectivity index (χ0) is 11.0. The molecule has 0 fully saturated rings. The smallest absolute Gasteiger partial charge is 0.202 e. The van der Waals surface area contributed by atoms with Crippen molar-refractivity contribution in [1.29, 1.82) is 5.41 Å². The van der Waals surface area contributed by atoms with Gasteiger partial charge < -0.3 is 14.2 Å². The Kier molecular flexibility index (Phi) is 2.36. The van der Waals surface area contributed by atoms with Crippen molar-refractivity contribution in [3.8, 4) is 0 Å². The van der Waals surface area contributed by atoms with Gasteiger partial charge in [-0.2, -0.15) is 0 Å². The van der Waals surface area contributed by atoms with Crippen molar-refractivity contribution in [2.45, 2.75) is 19.6 Å². The Bertz CT molecular complexity index is 536. The molecule has 0 spiro atoms. The maximum atomic E-state index is 9.39. The Morgan fingerprint density at radius 1 is 1.33 bits per heavy atom. The molecule has 2 N–H and O–H groups in total. The molecule has 0 aliphatic carbocycles. The van der Waals surface area contributed by atoms with E-state index in [9.17, 15) is 5.11 Å². The second-order valence-electron chi connectivity index (χ2n) is 3.83. The van der Waals surface area contributed by atoms with Gasteiger partial charge in [-0.1, -0.05) is 12.1 Å². The number of hydrogen-bond acceptors (Lipinski definition) is 2. The lowest BCUT2D eigenvalue weighted by molar-refractivity contribution is 0.173. The molecule has 0 aliphatic heterocycles. The van der Waals surface area contributed by atoms with Gasteiger partial charge in [0.2, 0.25) is 5.62 Å².